The average molecular weight is 236 g/mol. The first kappa shape index (κ1) is 12.5. The van der Waals surface area contributed by atoms with Gasteiger partial charge in [0.15, 0.2) is 0 Å². The molecule has 3 heteroatoms. The number of benzene rings is 1. The van der Waals surface area contributed by atoms with Crippen molar-refractivity contribution in [1.82, 2.24) is 10.6 Å². The van der Waals surface area contributed by atoms with Crippen LogP contribution in [-0.4, -0.2) is 24.7 Å². The third-order valence-corrected chi connectivity index (χ3v) is 3.32. The summed E-state index contributed by atoms with van der Waals surface area (Å²) in [5.74, 6) is -0.147. The number of rotatable bonds is 4. The minimum absolute atomic E-state index is 0.147. The second-order valence-corrected chi connectivity index (χ2v) is 5.50. The van der Waals surface area contributed by atoms with E-state index in [0.717, 1.165) is 31.5 Å². The van der Waals surface area contributed by atoms with Gasteiger partial charge in [0.2, 0.25) is 0 Å². The van der Waals surface area contributed by atoms with Crippen LogP contribution < -0.4 is 10.6 Å². The summed E-state index contributed by atoms with van der Waals surface area (Å²) in [7, 11) is 0. The van der Waals surface area contributed by atoms with Crippen molar-refractivity contribution in [2.24, 2.45) is 0 Å². The van der Waals surface area contributed by atoms with Crippen LogP contribution in [0.15, 0.2) is 24.3 Å². The van der Waals surface area contributed by atoms with Crippen LogP contribution in [0.5, 0.6) is 0 Å². The van der Waals surface area contributed by atoms with Crippen molar-refractivity contribution < 1.29 is 4.39 Å². The van der Waals surface area contributed by atoms with Crippen molar-refractivity contribution in [3.8, 4) is 0 Å². The quantitative estimate of drug-likeness (QED) is 0.836. The molecular formula is C14H21FN2. The molecule has 1 fully saturated rings. The summed E-state index contributed by atoms with van der Waals surface area (Å²) in [6, 6.07) is 7.38. The lowest BCUT2D eigenvalue weighted by atomic mass is 10.0. The lowest BCUT2D eigenvalue weighted by Crippen LogP contribution is -2.32. The van der Waals surface area contributed by atoms with E-state index in [0.29, 0.717) is 6.04 Å². The molecule has 0 aliphatic carbocycles. The Labute approximate surface area is 103 Å². The van der Waals surface area contributed by atoms with Crippen molar-refractivity contribution in [1.29, 1.82) is 0 Å². The average Bonchev–Trinajstić information content (AvgIpc) is 2.58. The summed E-state index contributed by atoms with van der Waals surface area (Å²) in [5.41, 5.74) is 1.30. The molecule has 0 amide bonds. The van der Waals surface area contributed by atoms with E-state index in [2.05, 4.69) is 24.5 Å². The SMILES string of the molecule is CC1(C)CC(NCCc2cccc(F)c2)CN1. The molecule has 0 saturated carbocycles. The van der Waals surface area contributed by atoms with Gasteiger partial charge in [0.05, 0.1) is 0 Å². The molecule has 2 rings (SSSR count). The predicted molar refractivity (Wildman–Crippen MR) is 68.6 cm³/mol. The minimum atomic E-state index is -0.147. The smallest absolute Gasteiger partial charge is 0.123 e. The van der Waals surface area contributed by atoms with Crippen molar-refractivity contribution in [2.45, 2.75) is 38.3 Å². The van der Waals surface area contributed by atoms with Crippen molar-refractivity contribution >= 4 is 0 Å². The number of hydrogen-bond donors (Lipinski definition) is 2. The third-order valence-electron chi connectivity index (χ3n) is 3.32. The summed E-state index contributed by atoms with van der Waals surface area (Å²) in [5, 5.41) is 7.00. The second kappa shape index (κ2) is 5.15. The molecule has 0 aromatic heterocycles. The predicted octanol–water partition coefficient (Wildman–Crippen LogP) is 2.10. The van der Waals surface area contributed by atoms with E-state index in [4.69, 9.17) is 0 Å². The molecule has 1 aromatic rings. The highest BCUT2D eigenvalue weighted by Gasteiger charge is 2.29. The van der Waals surface area contributed by atoms with Crippen molar-refractivity contribution in [2.75, 3.05) is 13.1 Å². The normalized spacial score (nSPS) is 22.9. The van der Waals surface area contributed by atoms with Gasteiger partial charge in [-0.05, 0) is 50.9 Å². The fourth-order valence-electron chi connectivity index (χ4n) is 2.42. The van der Waals surface area contributed by atoms with Crippen LogP contribution in [0.25, 0.3) is 0 Å². The Balaban J connectivity index is 1.73. The maximum atomic E-state index is 13.0. The van der Waals surface area contributed by atoms with E-state index in [9.17, 15) is 4.39 Å². The summed E-state index contributed by atoms with van der Waals surface area (Å²) < 4.78 is 13.0. The first-order chi connectivity index (χ1) is 8.05. The second-order valence-electron chi connectivity index (χ2n) is 5.50. The van der Waals surface area contributed by atoms with E-state index in [1.54, 1.807) is 12.1 Å². The Kier molecular flexibility index (Phi) is 3.79. The molecule has 1 saturated heterocycles. The highest BCUT2D eigenvalue weighted by atomic mass is 19.1. The first-order valence-electron chi connectivity index (χ1n) is 6.28. The van der Waals surface area contributed by atoms with Crippen LogP contribution in [-0.2, 0) is 6.42 Å². The zero-order valence-corrected chi connectivity index (χ0v) is 10.6. The Morgan fingerprint density at radius 2 is 2.29 bits per heavy atom. The molecule has 1 aliphatic heterocycles. The molecule has 2 nitrogen and oxygen atoms in total. The fraction of sp³-hybridized carbons (Fsp3) is 0.571. The Bertz CT molecular complexity index is 376. The molecule has 1 aliphatic rings. The Morgan fingerprint density at radius 1 is 1.47 bits per heavy atom. The third kappa shape index (κ3) is 3.79. The van der Waals surface area contributed by atoms with Gasteiger partial charge < -0.3 is 10.6 Å². The molecule has 1 aromatic carbocycles. The van der Waals surface area contributed by atoms with Gasteiger partial charge in [-0.25, -0.2) is 4.39 Å². The van der Waals surface area contributed by atoms with Gasteiger partial charge in [0, 0.05) is 18.1 Å². The molecular weight excluding hydrogens is 215 g/mol. The zero-order valence-electron chi connectivity index (χ0n) is 10.6. The monoisotopic (exact) mass is 236 g/mol. The van der Waals surface area contributed by atoms with Gasteiger partial charge in [0.25, 0.3) is 0 Å². The maximum Gasteiger partial charge on any atom is 0.123 e. The van der Waals surface area contributed by atoms with Gasteiger partial charge in [-0.2, -0.15) is 0 Å². The number of hydrogen-bond acceptors (Lipinski definition) is 2. The fourth-order valence-corrected chi connectivity index (χ4v) is 2.42. The number of nitrogens with one attached hydrogen (secondary N) is 2. The molecule has 0 radical (unpaired) electrons. The molecule has 1 heterocycles. The summed E-state index contributed by atoms with van der Waals surface area (Å²) in [6.45, 7) is 6.38. The lowest BCUT2D eigenvalue weighted by Gasteiger charge is -2.17. The summed E-state index contributed by atoms with van der Waals surface area (Å²) in [6.07, 6.45) is 2.03. The van der Waals surface area contributed by atoms with Gasteiger partial charge in [-0.15, -0.1) is 0 Å². The summed E-state index contributed by atoms with van der Waals surface area (Å²) in [4.78, 5) is 0. The largest absolute Gasteiger partial charge is 0.312 e. The van der Waals surface area contributed by atoms with Crippen LogP contribution >= 0.6 is 0 Å². The lowest BCUT2D eigenvalue weighted by molar-refractivity contribution is 0.443. The van der Waals surface area contributed by atoms with Gasteiger partial charge in [0.1, 0.15) is 5.82 Å². The molecule has 2 N–H and O–H groups in total. The Hall–Kier alpha value is -0.930. The van der Waals surface area contributed by atoms with Crippen LogP contribution in [0.3, 0.4) is 0 Å². The van der Waals surface area contributed by atoms with E-state index >= 15 is 0 Å². The molecule has 1 atom stereocenters. The van der Waals surface area contributed by atoms with Gasteiger partial charge in [-0.3, -0.25) is 0 Å². The van der Waals surface area contributed by atoms with Crippen molar-refractivity contribution in [3.63, 3.8) is 0 Å². The van der Waals surface area contributed by atoms with Crippen molar-refractivity contribution in [3.05, 3.63) is 35.6 Å². The standard InChI is InChI=1S/C14H21FN2/c1-14(2)9-13(10-17-14)16-7-6-11-4-3-5-12(15)8-11/h3-5,8,13,16-17H,6-7,9-10H2,1-2H3. The topological polar surface area (TPSA) is 24.1 Å². The zero-order chi connectivity index (χ0) is 12.3. The van der Waals surface area contributed by atoms with Crippen LogP contribution in [0.1, 0.15) is 25.8 Å². The van der Waals surface area contributed by atoms with Crippen LogP contribution in [0, 0.1) is 5.82 Å². The first-order valence-corrected chi connectivity index (χ1v) is 6.28. The van der Waals surface area contributed by atoms with Crippen LogP contribution in [0.4, 0.5) is 4.39 Å². The van der Waals surface area contributed by atoms with Crippen LogP contribution in [0.2, 0.25) is 0 Å². The highest BCUT2D eigenvalue weighted by molar-refractivity contribution is 5.16. The molecule has 1 unspecified atom stereocenters. The van der Waals surface area contributed by atoms with E-state index < -0.39 is 0 Å². The van der Waals surface area contributed by atoms with E-state index in [1.807, 2.05) is 6.07 Å². The Morgan fingerprint density at radius 3 is 2.94 bits per heavy atom. The van der Waals surface area contributed by atoms with Gasteiger partial charge in [-0.1, -0.05) is 12.1 Å². The molecule has 17 heavy (non-hydrogen) atoms. The minimum Gasteiger partial charge on any atom is -0.312 e. The highest BCUT2D eigenvalue weighted by Crippen LogP contribution is 2.17. The molecule has 94 valence electrons. The number of halogens is 1. The molecule has 0 bridgehead atoms. The summed E-state index contributed by atoms with van der Waals surface area (Å²) >= 11 is 0. The molecule has 0 spiro atoms. The maximum absolute atomic E-state index is 13.0. The van der Waals surface area contributed by atoms with E-state index in [1.165, 1.54) is 6.07 Å². The van der Waals surface area contributed by atoms with E-state index in [-0.39, 0.29) is 11.4 Å². The van der Waals surface area contributed by atoms with Gasteiger partial charge >= 0.3 is 0 Å².